The summed E-state index contributed by atoms with van der Waals surface area (Å²) in [5.74, 6) is -0.799. The molecule has 1 aromatic rings. The van der Waals surface area contributed by atoms with Crippen molar-refractivity contribution in [3.63, 3.8) is 0 Å². The predicted octanol–water partition coefficient (Wildman–Crippen LogP) is 1.95. The zero-order valence-corrected chi connectivity index (χ0v) is 13.1. The number of hydrogen-bond acceptors (Lipinski definition) is 5. The summed E-state index contributed by atoms with van der Waals surface area (Å²) >= 11 is 0. The van der Waals surface area contributed by atoms with Gasteiger partial charge in [-0.1, -0.05) is 0 Å². The van der Waals surface area contributed by atoms with Gasteiger partial charge in [0.15, 0.2) is 12.7 Å². The summed E-state index contributed by atoms with van der Waals surface area (Å²) in [6.07, 6.45) is 3.47. The molecule has 6 heteroatoms. The Hall–Kier alpha value is -2.08. The molecule has 3 rings (SSSR count). The SMILES string of the molecule is O=C(COC(=O)[C@H]1CCCO1)Nc1ccc(N2CCCC2)cc1. The summed E-state index contributed by atoms with van der Waals surface area (Å²) in [6.45, 7) is 2.47. The molecule has 6 nitrogen and oxygen atoms in total. The third kappa shape index (κ3) is 4.22. The quantitative estimate of drug-likeness (QED) is 0.841. The van der Waals surface area contributed by atoms with Crippen LogP contribution in [-0.4, -0.2) is 44.3 Å². The van der Waals surface area contributed by atoms with Gasteiger partial charge in [-0.3, -0.25) is 4.79 Å². The number of amides is 1. The van der Waals surface area contributed by atoms with E-state index in [4.69, 9.17) is 9.47 Å². The Balaban J connectivity index is 1.44. The number of nitrogens with zero attached hydrogens (tertiary/aromatic N) is 1. The highest BCUT2D eigenvalue weighted by Crippen LogP contribution is 2.22. The highest BCUT2D eigenvalue weighted by Gasteiger charge is 2.25. The van der Waals surface area contributed by atoms with Crippen LogP contribution in [0.2, 0.25) is 0 Å². The molecule has 0 aromatic heterocycles. The number of ether oxygens (including phenoxy) is 2. The van der Waals surface area contributed by atoms with Gasteiger partial charge >= 0.3 is 5.97 Å². The normalized spacial score (nSPS) is 20.5. The molecule has 0 radical (unpaired) electrons. The Morgan fingerprint density at radius 2 is 1.91 bits per heavy atom. The number of rotatable bonds is 5. The fourth-order valence-corrected chi connectivity index (χ4v) is 2.92. The maximum Gasteiger partial charge on any atom is 0.335 e. The number of carbonyl (C=O) groups excluding carboxylic acids is 2. The van der Waals surface area contributed by atoms with E-state index in [1.54, 1.807) is 0 Å². The van der Waals surface area contributed by atoms with Crippen molar-refractivity contribution in [1.29, 1.82) is 0 Å². The van der Waals surface area contributed by atoms with E-state index in [2.05, 4.69) is 10.2 Å². The second-order valence-electron chi connectivity index (χ2n) is 5.90. The minimum absolute atomic E-state index is 0.285. The molecule has 0 bridgehead atoms. The summed E-state index contributed by atoms with van der Waals surface area (Å²) in [7, 11) is 0. The van der Waals surface area contributed by atoms with E-state index in [0.717, 1.165) is 19.5 Å². The largest absolute Gasteiger partial charge is 0.454 e. The lowest BCUT2D eigenvalue weighted by atomic mass is 10.2. The molecule has 1 aromatic carbocycles. The van der Waals surface area contributed by atoms with Crippen LogP contribution in [0.5, 0.6) is 0 Å². The number of hydrogen-bond donors (Lipinski definition) is 1. The summed E-state index contributed by atoms with van der Waals surface area (Å²) in [4.78, 5) is 25.8. The second-order valence-corrected chi connectivity index (χ2v) is 5.90. The van der Waals surface area contributed by atoms with Gasteiger partial charge < -0.3 is 19.7 Å². The Bertz CT molecular complexity index is 546. The van der Waals surface area contributed by atoms with E-state index in [1.807, 2.05) is 24.3 Å². The predicted molar refractivity (Wildman–Crippen MR) is 86.5 cm³/mol. The third-order valence-electron chi connectivity index (χ3n) is 4.16. The summed E-state index contributed by atoms with van der Waals surface area (Å²) < 4.78 is 10.2. The monoisotopic (exact) mass is 318 g/mol. The fourth-order valence-electron chi connectivity index (χ4n) is 2.92. The zero-order valence-electron chi connectivity index (χ0n) is 13.1. The van der Waals surface area contributed by atoms with Gasteiger partial charge in [0.1, 0.15) is 0 Å². The molecule has 0 saturated carbocycles. The lowest BCUT2D eigenvalue weighted by molar-refractivity contribution is -0.156. The Kier molecular flexibility index (Phi) is 5.12. The number of benzene rings is 1. The minimum Gasteiger partial charge on any atom is -0.454 e. The molecule has 1 N–H and O–H groups in total. The van der Waals surface area contributed by atoms with E-state index in [0.29, 0.717) is 18.7 Å². The van der Waals surface area contributed by atoms with Gasteiger partial charge in [0.2, 0.25) is 0 Å². The zero-order chi connectivity index (χ0) is 16.1. The Labute approximate surface area is 135 Å². The molecule has 124 valence electrons. The Morgan fingerprint density at radius 3 is 2.57 bits per heavy atom. The summed E-state index contributed by atoms with van der Waals surface area (Å²) in [6, 6.07) is 7.74. The molecule has 0 aliphatic carbocycles. The average molecular weight is 318 g/mol. The van der Waals surface area contributed by atoms with E-state index < -0.39 is 12.1 Å². The lowest BCUT2D eigenvalue weighted by Crippen LogP contribution is -2.27. The van der Waals surface area contributed by atoms with Crippen molar-refractivity contribution in [2.75, 3.05) is 36.5 Å². The molecular weight excluding hydrogens is 296 g/mol. The van der Waals surface area contributed by atoms with Crippen molar-refractivity contribution in [2.45, 2.75) is 31.8 Å². The number of carbonyl (C=O) groups is 2. The minimum atomic E-state index is -0.512. The molecule has 2 aliphatic heterocycles. The van der Waals surface area contributed by atoms with E-state index >= 15 is 0 Å². The van der Waals surface area contributed by atoms with Crippen LogP contribution in [0, 0.1) is 0 Å². The fraction of sp³-hybridized carbons (Fsp3) is 0.529. The van der Waals surface area contributed by atoms with E-state index in [1.165, 1.54) is 18.5 Å². The average Bonchev–Trinajstić information content (AvgIpc) is 3.26. The second kappa shape index (κ2) is 7.46. The van der Waals surface area contributed by atoms with Gasteiger partial charge in [-0.2, -0.15) is 0 Å². The summed E-state index contributed by atoms with van der Waals surface area (Å²) in [5, 5.41) is 2.73. The highest BCUT2D eigenvalue weighted by molar-refractivity contribution is 5.93. The first-order valence-electron chi connectivity index (χ1n) is 8.15. The van der Waals surface area contributed by atoms with Crippen molar-refractivity contribution >= 4 is 23.3 Å². The van der Waals surface area contributed by atoms with Crippen LogP contribution in [-0.2, 0) is 19.1 Å². The van der Waals surface area contributed by atoms with Crippen molar-refractivity contribution in [1.82, 2.24) is 0 Å². The summed E-state index contributed by atoms with van der Waals surface area (Å²) in [5.41, 5.74) is 1.87. The van der Waals surface area contributed by atoms with Crippen molar-refractivity contribution < 1.29 is 19.1 Å². The number of anilines is 2. The highest BCUT2D eigenvalue weighted by atomic mass is 16.6. The van der Waals surface area contributed by atoms with Gasteiger partial charge in [0.05, 0.1) is 0 Å². The maximum absolute atomic E-state index is 11.8. The van der Waals surface area contributed by atoms with Gasteiger partial charge in [-0.25, -0.2) is 4.79 Å². The first kappa shape index (κ1) is 15.8. The molecule has 0 unspecified atom stereocenters. The first-order valence-corrected chi connectivity index (χ1v) is 8.15. The molecular formula is C17H22N2O4. The van der Waals surface area contributed by atoms with Crippen LogP contribution < -0.4 is 10.2 Å². The van der Waals surface area contributed by atoms with Crippen LogP contribution in [0.4, 0.5) is 11.4 Å². The van der Waals surface area contributed by atoms with Crippen LogP contribution >= 0.6 is 0 Å². The molecule has 1 amide bonds. The van der Waals surface area contributed by atoms with Crippen molar-refractivity contribution in [3.05, 3.63) is 24.3 Å². The first-order chi connectivity index (χ1) is 11.2. The molecule has 2 heterocycles. The van der Waals surface area contributed by atoms with Gasteiger partial charge in [0, 0.05) is 31.1 Å². The molecule has 23 heavy (non-hydrogen) atoms. The van der Waals surface area contributed by atoms with E-state index in [9.17, 15) is 9.59 Å². The van der Waals surface area contributed by atoms with Crippen LogP contribution in [0.1, 0.15) is 25.7 Å². The molecule has 2 saturated heterocycles. The topological polar surface area (TPSA) is 67.9 Å². The smallest absolute Gasteiger partial charge is 0.335 e. The lowest BCUT2D eigenvalue weighted by Gasteiger charge is -2.17. The number of esters is 1. The standard InChI is InChI=1S/C17H22N2O4/c20-16(12-23-17(21)15-4-3-11-22-15)18-13-5-7-14(8-6-13)19-9-1-2-10-19/h5-8,15H,1-4,9-12H2,(H,18,20)/t15-/m1/s1. The third-order valence-corrected chi connectivity index (χ3v) is 4.16. The van der Waals surface area contributed by atoms with Crippen molar-refractivity contribution in [2.24, 2.45) is 0 Å². The molecule has 0 spiro atoms. The Morgan fingerprint density at radius 1 is 1.17 bits per heavy atom. The maximum atomic E-state index is 11.8. The molecule has 1 atom stereocenters. The van der Waals surface area contributed by atoms with Crippen molar-refractivity contribution in [3.8, 4) is 0 Å². The molecule has 2 fully saturated rings. The van der Waals surface area contributed by atoms with Gasteiger partial charge in [-0.05, 0) is 49.9 Å². The molecule has 2 aliphatic rings. The van der Waals surface area contributed by atoms with Crippen LogP contribution in [0.25, 0.3) is 0 Å². The number of nitrogens with one attached hydrogen (secondary N) is 1. The van der Waals surface area contributed by atoms with E-state index in [-0.39, 0.29) is 12.5 Å². The van der Waals surface area contributed by atoms with Gasteiger partial charge in [0.25, 0.3) is 5.91 Å². The van der Waals surface area contributed by atoms with Crippen LogP contribution in [0.3, 0.4) is 0 Å². The van der Waals surface area contributed by atoms with Gasteiger partial charge in [-0.15, -0.1) is 0 Å². The van der Waals surface area contributed by atoms with Crippen LogP contribution in [0.15, 0.2) is 24.3 Å².